The molecule has 4 heteroatoms. The van der Waals surface area contributed by atoms with Gasteiger partial charge in [0.05, 0.1) is 12.7 Å². The molecule has 3 aliphatic carbocycles. The van der Waals surface area contributed by atoms with Crippen LogP contribution in [0.3, 0.4) is 0 Å². The molecule has 3 aliphatic rings. The second kappa shape index (κ2) is 11.6. The van der Waals surface area contributed by atoms with Gasteiger partial charge in [0, 0.05) is 12.3 Å². The molecule has 0 aromatic rings. The van der Waals surface area contributed by atoms with Gasteiger partial charge in [-0.2, -0.15) is 0 Å². The first kappa shape index (κ1) is 31.1. The minimum Gasteiger partial charge on any atom is -0.401 e. The second-order valence-corrected chi connectivity index (χ2v) is 19.2. The highest BCUT2D eigenvalue weighted by atomic mass is 28.4. The predicted molar refractivity (Wildman–Crippen MR) is 163 cm³/mol. The van der Waals surface area contributed by atoms with Crippen molar-refractivity contribution in [1.82, 2.24) is 0 Å². The molecular formula is C34H54O3Si. The molecule has 0 bridgehead atoms. The van der Waals surface area contributed by atoms with Crippen LogP contribution in [0, 0.1) is 35.0 Å². The van der Waals surface area contributed by atoms with Crippen molar-refractivity contribution in [3.05, 3.63) is 47.1 Å². The van der Waals surface area contributed by atoms with Crippen LogP contribution in [0.2, 0.25) is 18.1 Å². The van der Waals surface area contributed by atoms with E-state index >= 15 is 0 Å². The van der Waals surface area contributed by atoms with E-state index in [-0.39, 0.29) is 23.0 Å². The Kier molecular flexibility index (Phi) is 9.52. The van der Waals surface area contributed by atoms with E-state index in [1.165, 1.54) is 18.4 Å². The van der Waals surface area contributed by atoms with Crippen molar-refractivity contribution in [1.29, 1.82) is 0 Å². The lowest BCUT2D eigenvalue weighted by Crippen LogP contribution is -2.47. The fourth-order valence-corrected chi connectivity index (χ4v) is 8.36. The molecule has 212 valence electrons. The standard InChI is InChI=1S/C34H54O3Si/c1-24(13-11-19-33(6,7)37-38(9,10)32(3,4)5)30-17-18-31-26(14-12-20-34(30,31)8)15-16-27-21-29(36)22-28(23-35)25(27)2/h15-17,24,28-29,31,35-36H,2,12-14,18,20-23H2,1,3-10H3/b26-15+,27-16-/t24-,28-,29-,31+,34-/m1/s1. The van der Waals surface area contributed by atoms with Gasteiger partial charge in [-0.05, 0) is 98.9 Å². The van der Waals surface area contributed by atoms with Crippen LogP contribution < -0.4 is 0 Å². The van der Waals surface area contributed by atoms with Crippen molar-refractivity contribution in [2.75, 3.05) is 6.61 Å². The van der Waals surface area contributed by atoms with Crippen molar-refractivity contribution in [2.24, 2.45) is 23.2 Å². The summed E-state index contributed by atoms with van der Waals surface area (Å²) in [5.74, 6) is 7.93. The van der Waals surface area contributed by atoms with E-state index in [9.17, 15) is 10.2 Å². The SMILES string of the molecule is C=C1/C(=C\C=C2/CCC[C@]3(C)C([C@H](C)CC#CC(C)(C)O[Si](C)(C)C(C)(C)C)=CC[C@@H]23)C[C@@H](O)C[C@@H]1CO. The van der Waals surface area contributed by atoms with Crippen LogP contribution in [0.4, 0.5) is 0 Å². The van der Waals surface area contributed by atoms with Crippen molar-refractivity contribution in [3.63, 3.8) is 0 Å². The number of hydrogen-bond acceptors (Lipinski definition) is 3. The lowest BCUT2D eigenvalue weighted by molar-refractivity contribution is 0.115. The summed E-state index contributed by atoms with van der Waals surface area (Å²) in [7, 11) is -1.88. The lowest BCUT2D eigenvalue weighted by atomic mass is 9.62. The summed E-state index contributed by atoms with van der Waals surface area (Å²) in [4.78, 5) is 0. The van der Waals surface area contributed by atoms with Gasteiger partial charge in [-0.1, -0.05) is 82.4 Å². The average molecular weight is 539 g/mol. The first-order valence-corrected chi connectivity index (χ1v) is 17.7. The molecule has 0 aromatic heterocycles. The third-order valence-corrected chi connectivity index (χ3v) is 14.5. The van der Waals surface area contributed by atoms with Crippen LogP contribution in [0.1, 0.15) is 93.4 Å². The third-order valence-electron chi connectivity index (χ3n) is 9.89. The van der Waals surface area contributed by atoms with Crippen molar-refractivity contribution in [2.45, 2.75) is 123 Å². The Morgan fingerprint density at radius 1 is 1.24 bits per heavy atom. The number of hydrogen-bond donors (Lipinski definition) is 2. The Hall–Kier alpha value is -1.38. The number of fused-ring (bicyclic) bond motifs is 1. The fraction of sp³-hybridized carbons (Fsp3) is 0.706. The number of aliphatic hydroxyl groups excluding tert-OH is 2. The topological polar surface area (TPSA) is 49.7 Å². The van der Waals surface area contributed by atoms with Crippen LogP contribution in [-0.4, -0.2) is 36.8 Å². The van der Waals surface area contributed by atoms with E-state index in [1.54, 1.807) is 5.57 Å². The summed E-state index contributed by atoms with van der Waals surface area (Å²) < 4.78 is 6.62. The molecule has 2 N–H and O–H groups in total. The maximum atomic E-state index is 10.3. The van der Waals surface area contributed by atoms with Gasteiger partial charge < -0.3 is 14.6 Å². The molecule has 0 amide bonds. The second-order valence-electron chi connectivity index (χ2n) is 14.4. The van der Waals surface area contributed by atoms with Gasteiger partial charge in [-0.25, -0.2) is 0 Å². The Labute approximate surface area is 234 Å². The minimum atomic E-state index is -1.88. The van der Waals surface area contributed by atoms with Crippen LogP contribution in [0.25, 0.3) is 0 Å². The fourth-order valence-electron chi connectivity index (χ4n) is 6.73. The Morgan fingerprint density at radius 2 is 1.92 bits per heavy atom. The zero-order valence-electron chi connectivity index (χ0n) is 25.7. The summed E-state index contributed by atoms with van der Waals surface area (Å²) in [5.41, 5.74) is 4.95. The third kappa shape index (κ3) is 6.84. The van der Waals surface area contributed by atoms with E-state index in [0.717, 1.165) is 30.4 Å². The molecule has 0 unspecified atom stereocenters. The number of aliphatic hydroxyl groups is 2. The molecule has 38 heavy (non-hydrogen) atoms. The Balaban J connectivity index is 1.71. The smallest absolute Gasteiger partial charge is 0.194 e. The van der Waals surface area contributed by atoms with Crippen LogP contribution in [-0.2, 0) is 4.43 Å². The number of rotatable bonds is 6. The van der Waals surface area contributed by atoms with Gasteiger partial charge in [0.15, 0.2) is 8.32 Å². The summed E-state index contributed by atoms with van der Waals surface area (Å²) in [5, 5.41) is 20.2. The first-order chi connectivity index (χ1) is 17.5. The van der Waals surface area contributed by atoms with Crippen LogP contribution in [0.15, 0.2) is 47.1 Å². The molecule has 0 radical (unpaired) electrons. The molecule has 5 atom stereocenters. The predicted octanol–water partition coefficient (Wildman–Crippen LogP) is 8.13. The minimum absolute atomic E-state index is 0.0287. The summed E-state index contributed by atoms with van der Waals surface area (Å²) in [6, 6.07) is 0. The maximum Gasteiger partial charge on any atom is 0.194 e. The quantitative estimate of drug-likeness (QED) is 0.204. The van der Waals surface area contributed by atoms with Gasteiger partial charge >= 0.3 is 0 Å². The molecule has 0 spiro atoms. The zero-order chi connectivity index (χ0) is 28.5. The summed E-state index contributed by atoms with van der Waals surface area (Å²) in [6.07, 6.45) is 13.4. The molecule has 0 aromatic carbocycles. The van der Waals surface area contributed by atoms with E-state index in [0.29, 0.717) is 24.7 Å². The lowest BCUT2D eigenvalue weighted by Gasteiger charge is -2.42. The summed E-state index contributed by atoms with van der Waals surface area (Å²) in [6.45, 7) is 24.8. The molecule has 0 heterocycles. The van der Waals surface area contributed by atoms with Crippen LogP contribution in [0.5, 0.6) is 0 Å². The van der Waals surface area contributed by atoms with Crippen molar-refractivity contribution < 1.29 is 14.6 Å². The molecule has 0 saturated heterocycles. The Morgan fingerprint density at radius 3 is 2.55 bits per heavy atom. The van der Waals surface area contributed by atoms with Crippen molar-refractivity contribution >= 4 is 8.32 Å². The van der Waals surface area contributed by atoms with Gasteiger partial charge in [0.1, 0.15) is 5.60 Å². The van der Waals surface area contributed by atoms with Gasteiger partial charge in [0.2, 0.25) is 0 Å². The summed E-state index contributed by atoms with van der Waals surface area (Å²) >= 11 is 0. The van der Waals surface area contributed by atoms with Crippen molar-refractivity contribution in [3.8, 4) is 11.8 Å². The molecule has 2 fully saturated rings. The molecular weight excluding hydrogens is 484 g/mol. The molecule has 3 nitrogen and oxygen atoms in total. The van der Waals surface area contributed by atoms with Crippen LogP contribution >= 0.6 is 0 Å². The van der Waals surface area contributed by atoms with Gasteiger partial charge in [0.25, 0.3) is 0 Å². The largest absolute Gasteiger partial charge is 0.401 e. The van der Waals surface area contributed by atoms with Gasteiger partial charge in [-0.15, -0.1) is 0 Å². The Bertz CT molecular complexity index is 1040. The van der Waals surface area contributed by atoms with E-state index in [4.69, 9.17) is 4.43 Å². The average Bonchev–Trinajstić information content (AvgIpc) is 3.15. The monoisotopic (exact) mass is 538 g/mol. The van der Waals surface area contributed by atoms with E-state index in [2.05, 4.69) is 98.2 Å². The highest BCUT2D eigenvalue weighted by molar-refractivity contribution is 6.74. The van der Waals surface area contributed by atoms with E-state index < -0.39 is 20.0 Å². The zero-order valence-corrected chi connectivity index (χ0v) is 26.7. The normalized spacial score (nSPS) is 31.6. The molecule has 2 saturated carbocycles. The molecule has 3 rings (SSSR count). The highest BCUT2D eigenvalue weighted by Gasteiger charge is 2.46. The van der Waals surface area contributed by atoms with E-state index in [1.807, 2.05) is 0 Å². The molecule has 0 aliphatic heterocycles. The first-order valence-electron chi connectivity index (χ1n) is 14.8. The maximum absolute atomic E-state index is 10.3. The highest BCUT2D eigenvalue weighted by Crippen LogP contribution is 2.57. The number of allylic oxidation sites excluding steroid dienone is 5. The van der Waals surface area contributed by atoms with Gasteiger partial charge in [-0.3, -0.25) is 0 Å².